The molecule has 0 bridgehead atoms. The molecule has 4 aromatic carbocycles. The molecule has 0 radical (unpaired) electrons. The van der Waals surface area contributed by atoms with E-state index in [1.807, 2.05) is 55.5 Å². The van der Waals surface area contributed by atoms with E-state index in [2.05, 4.69) is 5.32 Å². The summed E-state index contributed by atoms with van der Waals surface area (Å²) in [5.74, 6) is -0.505. The molecule has 224 valence electrons. The number of carbonyl (C=O) groups excluding carboxylic acids is 2. The van der Waals surface area contributed by atoms with Crippen molar-refractivity contribution in [1.29, 1.82) is 0 Å². The Morgan fingerprint density at radius 2 is 1.65 bits per heavy atom. The van der Waals surface area contributed by atoms with Crippen molar-refractivity contribution in [1.82, 2.24) is 10.2 Å². The standard InChI is InChI=1S/C33H33Cl2N3O4S/c1-2-18-36-33(40)29(21-23-9-4-3-5-10-23)37(22-24-16-17-26(34)27(35)20-24)31(39)15-8-19-38-28-13-6-11-25-12-7-14-30(32(25)28)43(38,41)42/h3-7,9-14,16-17,20,29H,2,8,15,18-19,21-22H2,1H3,(H,36,40)/t29-/m0/s1. The van der Waals surface area contributed by atoms with Gasteiger partial charge in [-0.25, -0.2) is 8.42 Å². The van der Waals surface area contributed by atoms with E-state index in [4.69, 9.17) is 23.2 Å². The number of nitrogens with one attached hydrogen (secondary N) is 1. The van der Waals surface area contributed by atoms with Crippen LogP contribution >= 0.6 is 23.2 Å². The van der Waals surface area contributed by atoms with Gasteiger partial charge in [-0.05, 0) is 53.6 Å². The van der Waals surface area contributed by atoms with Crippen LogP contribution in [0, 0.1) is 0 Å². The van der Waals surface area contributed by atoms with Gasteiger partial charge in [0.05, 0.1) is 20.6 Å². The molecular formula is C33H33Cl2N3O4S. The van der Waals surface area contributed by atoms with Crippen LogP contribution in [0.4, 0.5) is 5.69 Å². The van der Waals surface area contributed by atoms with Crippen molar-refractivity contribution in [3.63, 3.8) is 0 Å². The van der Waals surface area contributed by atoms with Gasteiger partial charge < -0.3 is 10.2 Å². The Bertz CT molecular complexity index is 1740. The van der Waals surface area contributed by atoms with Crippen molar-refractivity contribution >= 4 is 61.5 Å². The molecule has 0 fully saturated rings. The van der Waals surface area contributed by atoms with E-state index < -0.39 is 16.1 Å². The maximum Gasteiger partial charge on any atom is 0.265 e. The first kappa shape index (κ1) is 30.9. The second-order valence-corrected chi connectivity index (χ2v) is 13.2. The van der Waals surface area contributed by atoms with Crippen LogP contribution in [-0.2, 0) is 32.6 Å². The Morgan fingerprint density at radius 3 is 2.37 bits per heavy atom. The highest BCUT2D eigenvalue weighted by molar-refractivity contribution is 7.93. The van der Waals surface area contributed by atoms with Crippen LogP contribution in [0.1, 0.15) is 37.3 Å². The highest BCUT2D eigenvalue weighted by Gasteiger charge is 2.36. The molecule has 1 atom stereocenters. The molecule has 43 heavy (non-hydrogen) atoms. The molecule has 0 saturated heterocycles. The van der Waals surface area contributed by atoms with Gasteiger partial charge in [-0.2, -0.15) is 0 Å². The molecule has 0 saturated carbocycles. The summed E-state index contributed by atoms with van der Waals surface area (Å²) in [6.45, 7) is 2.72. The molecule has 10 heteroatoms. The zero-order valence-electron chi connectivity index (χ0n) is 23.8. The number of hydrogen-bond donors (Lipinski definition) is 1. The van der Waals surface area contributed by atoms with Crippen LogP contribution in [0.15, 0.2) is 89.8 Å². The van der Waals surface area contributed by atoms with Gasteiger partial charge in [-0.15, -0.1) is 0 Å². The summed E-state index contributed by atoms with van der Waals surface area (Å²) in [7, 11) is -3.74. The Morgan fingerprint density at radius 1 is 0.907 bits per heavy atom. The summed E-state index contributed by atoms with van der Waals surface area (Å²) in [6.07, 6.45) is 1.40. The second kappa shape index (κ2) is 13.4. The topological polar surface area (TPSA) is 86.8 Å². The Kier molecular flexibility index (Phi) is 9.59. The van der Waals surface area contributed by atoms with E-state index in [0.717, 1.165) is 22.9 Å². The van der Waals surface area contributed by atoms with Gasteiger partial charge in [0.25, 0.3) is 10.0 Å². The molecule has 0 spiro atoms. The first-order chi connectivity index (χ1) is 20.7. The average molecular weight is 639 g/mol. The quantitative estimate of drug-likeness (QED) is 0.190. The van der Waals surface area contributed by atoms with Crippen LogP contribution in [-0.4, -0.2) is 44.3 Å². The van der Waals surface area contributed by atoms with Gasteiger partial charge in [0.15, 0.2) is 0 Å². The summed E-state index contributed by atoms with van der Waals surface area (Å²) >= 11 is 12.4. The molecule has 0 aromatic heterocycles. The number of benzene rings is 4. The zero-order valence-corrected chi connectivity index (χ0v) is 26.1. The zero-order chi connectivity index (χ0) is 30.6. The summed E-state index contributed by atoms with van der Waals surface area (Å²) in [4.78, 5) is 29.4. The van der Waals surface area contributed by atoms with Crippen molar-refractivity contribution < 1.29 is 18.0 Å². The maximum absolute atomic E-state index is 14.0. The molecule has 7 nitrogen and oxygen atoms in total. The van der Waals surface area contributed by atoms with E-state index >= 15 is 0 Å². The predicted molar refractivity (Wildman–Crippen MR) is 172 cm³/mol. The first-order valence-electron chi connectivity index (χ1n) is 14.3. The van der Waals surface area contributed by atoms with Gasteiger partial charge in [-0.3, -0.25) is 13.9 Å². The molecule has 1 aliphatic rings. The number of rotatable bonds is 12. The van der Waals surface area contributed by atoms with Gasteiger partial charge in [0, 0.05) is 37.9 Å². The maximum atomic E-state index is 14.0. The fraction of sp³-hybridized carbons (Fsp3) is 0.273. The Labute approximate surface area is 262 Å². The van der Waals surface area contributed by atoms with Crippen molar-refractivity contribution in [2.24, 2.45) is 0 Å². The summed E-state index contributed by atoms with van der Waals surface area (Å²) < 4.78 is 28.2. The van der Waals surface area contributed by atoms with Crippen molar-refractivity contribution in [2.75, 3.05) is 17.4 Å². The molecule has 5 rings (SSSR count). The van der Waals surface area contributed by atoms with Crippen molar-refractivity contribution in [2.45, 2.75) is 50.1 Å². The minimum Gasteiger partial charge on any atom is -0.354 e. The van der Waals surface area contributed by atoms with Crippen LogP contribution in [0.5, 0.6) is 0 Å². The van der Waals surface area contributed by atoms with Crippen molar-refractivity contribution in [3.05, 3.63) is 106 Å². The molecule has 1 N–H and O–H groups in total. The van der Waals surface area contributed by atoms with Crippen LogP contribution in [0.25, 0.3) is 10.8 Å². The third kappa shape index (κ3) is 6.66. The monoisotopic (exact) mass is 637 g/mol. The number of nitrogens with zero attached hydrogens (tertiary/aromatic N) is 2. The van der Waals surface area contributed by atoms with E-state index in [-0.39, 0.29) is 42.6 Å². The number of carbonyl (C=O) groups is 2. The van der Waals surface area contributed by atoms with E-state index in [1.54, 1.807) is 41.3 Å². The van der Waals surface area contributed by atoms with E-state index in [1.165, 1.54) is 4.31 Å². The largest absolute Gasteiger partial charge is 0.354 e. The SMILES string of the molecule is CCCNC(=O)[C@H](Cc1ccccc1)N(Cc1ccc(Cl)c(Cl)c1)C(=O)CCCN1c2cccc3cccc(c23)S1(=O)=O. The number of anilines is 1. The molecule has 4 aromatic rings. The van der Waals surface area contributed by atoms with Crippen LogP contribution in [0.3, 0.4) is 0 Å². The minimum atomic E-state index is -3.74. The van der Waals surface area contributed by atoms with Gasteiger partial charge in [0.1, 0.15) is 6.04 Å². The fourth-order valence-corrected chi connectivity index (χ4v) is 7.54. The number of amides is 2. The fourth-order valence-electron chi connectivity index (χ4n) is 5.47. The summed E-state index contributed by atoms with van der Waals surface area (Å²) in [6, 6.07) is 24.7. The van der Waals surface area contributed by atoms with Crippen LogP contribution in [0.2, 0.25) is 10.0 Å². The average Bonchev–Trinajstić information content (AvgIpc) is 3.23. The minimum absolute atomic E-state index is 0.0476. The smallest absolute Gasteiger partial charge is 0.265 e. The number of hydrogen-bond acceptors (Lipinski definition) is 4. The number of halogens is 2. The number of sulfonamides is 1. The Hall–Kier alpha value is -3.59. The summed E-state index contributed by atoms with van der Waals surface area (Å²) in [5, 5.41) is 5.27. The lowest BCUT2D eigenvalue weighted by atomic mass is 10.0. The molecule has 1 heterocycles. The van der Waals surface area contributed by atoms with E-state index in [0.29, 0.717) is 34.1 Å². The lowest BCUT2D eigenvalue weighted by molar-refractivity contribution is -0.141. The molecule has 2 amide bonds. The molecule has 1 aliphatic heterocycles. The van der Waals surface area contributed by atoms with E-state index in [9.17, 15) is 18.0 Å². The van der Waals surface area contributed by atoms with Gasteiger partial charge >= 0.3 is 0 Å². The lowest BCUT2D eigenvalue weighted by Gasteiger charge is -2.32. The second-order valence-electron chi connectivity index (χ2n) is 10.6. The Balaban J connectivity index is 1.40. The normalized spacial score (nSPS) is 14.1. The summed E-state index contributed by atoms with van der Waals surface area (Å²) in [5.41, 5.74) is 2.27. The molecule has 0 unspecified atom stereocenters. The predicted octanol–water partition coefficient (Wildman–Crippen LogP) is 6.60. The van der Waals surface area contributed by atoms with Crippen LogP contribution < -0.4 is 9.62 Å². The lowest BCUT2D eigenvalue weighted by Crippen LogP contribution is -2.50. The highest BCUT2D eigenvalue weighted by atomic mass is 35.5. The third-order valence-electron chi connectivity index (χ3n) is 7.59. The van der Waals surface area contributed by atoms with Crippen molar-refractivity contribution in [3.8, 4) is 0 Å². The van der Waals surface area contributed by atoms with Gasteiger partial charge in [-0.1, -0.05) is 90.8 Å². The highest BCUT2D eigenvalue weighted by Crippen LogP contribution is 2.42. The van der Waals surface area contributed by atoms with Gasteiger partial charge in [0.2, 0.25) is 11.8 Å². The third-order valence-corrected chi connectivity index (χ3v) is 10.2. The molecular weight excluding hydrogens is 605 g/mol. The first-order valence-corrected chi connectivity index (χ1v) is 16.5. The molecule has 0 aliphatic carbocycles.